The van der Waals surface area contributed by atoms with Gasteiger partial charge in [-0.3, -0.25) is 0 Å². The summed E-state index contributed by atoms with van der Waals surface area (Å²) in [5.41, 5.74) is 0. The van der Waals surface area contributed by atoms with E-state index >= 15 is 0 Å². The molecule has 4 nitrogen and oxygen atoms in total. The van der Waals surface area contributed by atoms with E-state index in [1.807, 2.05) is 13.1 Å². The maximum absolute atomic E-state index is 4.28. The molecule has 0 bridgehead atoms. The monoisotopic (exact) mass is 192 g/mol. The smallest absolute Gasteiger partial charge is 0.224 e. The summed E-state index contributed by atoms with van der Waals surface area (Å²) in [5.74, 6) is 3.29. The number of nitrogens with zero attached hydrogens (tertiary/aromatic N) is 2. The van der Waals surface area contributed by atoms with E-state index in [9.17, 15) is 0 Å². The van der Waals surface area contributed by atoms with Crippen LogP contribution in [0.2, 0.25) is 0 Å². The molecule has 1 aliphatic rings. The zero-order valence-electron chi connectivity index (χ0n) is 8.62. The van der Waals surface area contributed by atoms with Crippen molar-refractivity contribution in [1.29, 1.82) is 0 Å². The van der Waals surface area contributed by atoms with Crippen molar-refractivity contribution in [1.82, 2.24) is 9.97 Å². The molecule has 2 N–H and O–H groups in total. The van der Waals surface area contributed by atoms with Gasteiger partial charge in [-0.05, 0) is 24.3 Å². The lowest BCUT2D eigenvalue weighted by Gasteiger charge is -2.05. The van der Waals surface area contributed by atoms with Gasteiger partial charge in [-0.2, -0.15) is 4.98 Å². The summed E-state index contributed by atoms with van der Waals surface area (Å²) in [4.78, 5) is 8.34. The molecule has 0 aliphatic heterocycles. The molecule has 1 aromatic rings. The van der Waals surface area contributed by atoms with Crippen molar-refractivity contribution in [3.63, 3.8) is 0 Å². The average molecular weight is 192 g/mol. The van der Waals surface area contributed by atoms with E-state index in [2.05, 4.69) is 27.5 Å². The van der Waals surface area contributed by atoms with Crippen molar-refractivity contribution < 1.29 is 0 Å². The predicted molar refractivity (Wildman–Crippen MR) is 57.3 cm³/mol. The first-order valence-electron chi connectivity index (χ1n) is 5.04. The van der Waals surface area contributed by atoms with Crippen LogP contribution in [0.4, 0.5) is 11.8 Å². The fourth-order valence-electron chi connectivity index (χ4n) is 1.50. The van der Waals surface area contributed by atoms with Gasteiger partial charge in [-0.15, -0.1) is 0 Å². The lowest BCUT2D eigenvalue weighted by molar-refractivity contribution is 0.784. The lowest BCUT2D eigenvalue weighted by Crippen LogP contribution is -2.07. The Morgan fingerprint density at radius 2 is 2.36 bits per heavy atom. The SMILES string of the molecule is CNc1nccc(NCC2CC2C)n1. The number of aromatic nitrogens is 2. The van der Waals surface area contributed by atoms with Gasteiger partial charge in [-0.25, -0.2) is 4.98 Å². The third kappa shape index (κ3) is 2.13. The number of anilines is 2. The van der Waals surface area contributed by atoms with Gasteiger partial charge in [0.1, 0.15) is 5.82 Å². The number of nitrogens with one attached hydrogen (secondary N) is 2. The van der Waals surface area contributed by atoms with E-state index in [-0.39, 0.29) is 0 Å². The highest BCUT2D eigenvalue weighted by molar-refractivity contribution is 5.39. The quantitative estimate of drug-likeness (QED) is 0.760. The Bertz CT molecular complexity index is 313. The van der Waals surface area contributed by atoms with Crippen molar-refractivity contribution in [3.8, 4) is 0 Å². The van der Waals surface area contributed by atoms with Crippen LogP contribution in [0.5, 0.6) is 0 Å². The summed E-state index contributed by atoms with van der Waals surface area (Å²) in [7, 11) is 1.82. The molecule has 1 fully saturated rings. The van der Waals surface area contributed by atoms with E-state index < -0.39 is 0 Å². The van der Waals surface area contributed by atoms with Crippen LogP contribution < -0.4 is 10.6 Å². The van der Waals surface area contributed by atoms with Crippen molar-refractivity contribution in [2.24, 2.45) is 11.8 Å². The van der Waals surface area contributed by atoms with E-state index in [0.29, 0.717) is 5.95 Å². The van der Waals surface area contributed by atoms with E-state index in [1.54, 1.807) is 6.20 Å². The second kappa shape index (κ2) is 3.82. The first-order chi connectivity index (χ1) is 6.79. The largest absolute Gasteiger partial charge is 0.370 e. The molecule has 1 saturated carbocycles. The molecule has 1 heterocycles. The summed E-state index contributed by atoms with van der Waals surface area (Å²) in [6, 6.07) is 1.90. The third-order valence-corrected chi connectivity index (χ3v) is 2.70. The standard InChI is InChI=1S/C10H16N4/c1-7-5-8(7)6-13-9-3-4-12-10(11-2)14-9/h3-4,7-8H,5-6H2,1-2H3,(H2,11,12,13,14). The molecule has 14 heavy (non-hydrogen) atoms. The highest BCUT2D eigenvalue weighted by atomic mass is 15.1. The zero-order chi connectivity index (χ0) is 9.97. The zero-order valence-corrected chi connectivity index (χ0v) is 8.62. The molecule has 2 rings (SSSR count). The van der Waals surface area contributed by atoms with Gasteiger partial charge < -0.3 is 10.6 Å². The Kier molecular flexibility index (Phi) is 2.52. The van der Waals surface area contributed by atoms with Crippen LogP contribution in [-0.4, -0.2) is 23.6 Å². The van der Waals surface area contributed by atoms with E-state index in [0.717, 1.165) is 24.2 Å². The Morgan fingerprint density at radius 1 is 1.57 bits per heavy atom. The van der Waals surface area contributed by atoms with Crippen LogP contribution >= 0.6 is 0 Å². The Labute approximate surface area is 84.2 Å². The molecule has 76 valence electrons. The molecule has 1 aliphatic carbocycles. The minimum atomic E-state index is 0.666. The van der Waals surface area contributed by atoms with Gasteiger partial charge in [0.05, 0.1) is 0 Å². The number of hydrogen-bond donors (Lipinski definition) is 2. The van der Waals surface area contributed by atoms with Crippen molar-refractivity contribution in [2.45, 2.75) is 13.3 Å². The van der Waals surface area contributed by atoms with Gasteiger partial charge in [-0.1, -0.05) is 6.92 Å². The Balaban J connectivity index is 1.88. The molecule has 0 amide bonds. The van der Waals surface area contributed by atoms with Crippen LogP contribution in [0, 0.1) is 11.8 Å². The fraction of sp³-hybridized carbons (Fsp3) is 0.600. The van der Waals surface area contributed by atoms with Gasteiger partial charge in [0.25, 0.3) is 0 Å². The van der Waals surface area contributed by atoms with Crippen molar-refractivity contribution in [2.75, 3.05) is 24.2 Å². The highest BCUT2D eigenvalue weighted by Gasteiger charge is 2.31. The lowest BCUT2D eigenvalue weighted by atomic mass is 10.3. The Hall–Kier alpha value is -1.32. The maximum atomic E-state index is 4.28. The Morgan fingerprint density at radius 3 is 3.00 bits per heavy atom. The van der Waals surface area contributed by atoms with Gasteiger partial charge in [0, 0.05) is 19.8 Å². The first-order valence-corrected chi connectivity index (χ1v) is 5.04. The minimum Gasteiger partial charge on any atom is -0.370 e. The average Bonchev–Trinajstić information content (AvgIpc) is 2.92. The summed E-state index contributed by atoms with van der Waals surface area (Å²) >= 11 is 0. The van der Waals surface area contributed by atoms with E-state index in [4.69, 9.17) is 0 Å². The second-order valence-corrected chi connectivity index (χ2v) is 3.87. The number of rotatable bonds is 4. The molecule has 4 heteroatoms. The van der Waals surface area contributed by atoms with Crippen LogP contribution in [0.15, 0.2) is 12.3 Å². The molecule has 0 saturated heterocycles. The topological polar surface area (TPSA) is 49.8 Å². The summed E-state index contributed by atoms with van der Waals surface area (Å²) < 4.78 is 0. The van der Waals surface area contributed by atoms with Crippen LogP contribution in [0.25, 0.3) is 0 Å². The van der Waals surface area contributed by atoms with Crippen LogP contribution in [-0.2, 0) is 0 Å². The summed E-state index contributed by atoms with van der Waals surface area (Å²) in [5, 5.41) is 6.24. The molecule has 0 aromatic carbocycles. The molecular weight excluding hydrogens is 176 g/mol. The highest BCUT2D eigenvalue weighted by Crippen LogP contribution is 2.37. The molecular formula is C10H16N4. The maximum Gasteiger partial charge on any atom is 0.224 e. The molecule has 0 spiro atoms. The summed E-state index contributed by atoms with van der Waals surface area (Å²) in [6.07, 6.45) is 3.11. The third-order valence-electron chi connectivity index (χ3n) is 2.70. The molecule has 2 atom stereocenters. The van der Waals surface area contributed by atoms with E-state index in [1.165, 1.54) is 6.42 Å². The fourth-order valence-corrected chi connectivity index (χ4v) is 1.50. The van der Waals surface area contributed by atoms with Crippen LogP contribution in [0.1, 0.15) is 13.3 Å². The second-order valence-electron chi connectivity index (χ2n) is 3.87. The summed E-state index contributed by atoms with van der Waals surface area (Å²) in [6.45, 7) is 3.31. The van der Waals surface area contributed by atoms with Crippen LogP contribution in [0.3, 0.4) is 0 Å². The predicted octanol–water partition coefficient (Wildman–Crippen LogP) is 1.59. The molecule has 1 aromatic heterocycles. The molecule has 0 radical (unpaired) electrons. The minimum absolute atomic E-state index is 0.666. The first kappa shape index (κ1) is 9.24. The van der Waals surface area contributed by atoms with Crippen molar-refractivity contribution >= 4 is 11.8 Å². The molecule has 2 unspecified atom stereocenters. The van der Waals surface area contributed by atoms with Gasteiger partial charge in [0.2, 0.25) is 5.95 Å². The normalized spacial score (nSPS) is 24.4. The van der Waals surface area contributed by atoms with Gasteiger partial charge in [0.15, 0.2) is 0 Å². The van der Waals surface area contributed by atoms with Gasteiger partial charge >= 0.3 is 0 Å². The van der Waals surface area contributed by atoms with Crippen molar-refractivity contribution in [3.05, 3.63) is 12.3 Å². The number of hydrogen-bond acceptors (Lipinski definition) is 4.